The first kappa shape index (κ1) is 21.5. The highest BCUT2D eigenvalue weighted by Gasteiger charge is 2.28. The summed E-state index contributed by atoms with van der Waals surface area (Å²) >= 11 is 1.41. The number of rotatable bonds is 4. The van der Waals surface area contributed by atoms with Crippen molar-refractivity contribution in [2.24, 2.45) is 0 Å². The molecule has 0 saturated carbocycles. The van der Waals surface area contributed by atoms with Gasteiger partial charge in [-0.2, -0.15) is 0 Å². The quantitative estimate of drug-likeness (QED) is 0.444. The number of fused-ring (bicyclic) bond motifs is 1. The molecule has 1 aliphatic heterocycles. The van der Waals surface area contributed by atoms with E-state index >= 15 is 8.78 Å². The third-order valence-corrected chi connectivity index (χ3v) is 6.71. The number of ether oxygens (including phenoxy) is 1. The minimum absolute atomic E-state index is 0.177. The molecule has 1 saturated heterocycles. The number of aryl methyl sites for hydroxylation is 1. The first-order valence-electron chi connectivity index (χ1n) is 10.5. The third-order valence-electron chi connectivity index (χ3n) is 5.80. The Kier molecular flexibility index (Phi) is 5.59. The molecule has 3 aromatic heterocycles. The van der Waals surface area contributed by atoms with Crippen molar-refractivity contribution in [2.75, 3.05) is 19.7 Å². The van der Waals surface area contributed by atoms with Gasteiger partial charge in [0.15, 0.2) is 0 Å². The van der Waals surface area contributed by atoms with E-state index in [0.29, 0.717) is 23.4 Å². The van der Waals surface area contributed by atoms with E-state index in [4.69, 9.17) is 4.74 Å². The molecule has 5 rings (SSSR count). The van der Waals surface area contributed by atoms with E-state index in [0.717, 1.165) is 10.4 Å². The van der Waals surface area contributed by atoms with Crippen LogP contribution in [0.25, 0.3) is 27.3 Å². The first-order chi connectivity index (χ1) is 15.9. The predicted octanol–water partition coefficient (Wildman–Crippen LogP) is 5.24. The number of benzene rings is 1. The van der Waals surface area contributed by atoms with Crippen LogP contribution in [0.5, 0.6) is 0 Å². The average molecular weight is 470 g/mol. The molecule has 0 radical (unpaired) electrons. The Balaban J connectivity index is 1.61. The molecule has 1 atom stereocenters. The fraction of sp³-hybridized carbons (Fsp3) is 0.250. The molecule has 0 spiro atoms. The van der Waals surface area contributed by atoms with Gasteiger partial charge in [-0.25, -0.2) is 18.6 Å². The average Bonchev–Trinajstić information content (AvgIpc) is 3.42. The van der Waals surface area contributed by atoms with Crippen LogP contribution in [0.4, 0.5) is 13.6 Å². The molecule has 1 N–H and O–H groups in total. The fourth-order valence-corrected chi connectivity index (χ4v) is 4.92. The molecule has 6 nitrogen and oxygen atoms in total. The summed E-state index contributed by atoms with van der Waals surface area (Å²) in [6.07, 6.45) is 0.601. The number of halogens is 2. The van der Waals surface area contributed by atoms with Gasteiger partial charge in [-0.1, -0.05) is 6.07 Å². The van der Waals surface area contributed by atoms with Crippen molar-refractivity contribution >= 4 is 23.1 Å². The van der Waals surface area contributed by atoms with Crippen molar-refractivity contribution < 1.29 is 23.4 Å². The SMILES string of the molecule is Cc1ccn2c(C[C@H]3CN(C(=O)O)CCO3)c(-c3c(F)cc(-c4cccs4)cc3F)nc2c1. The van der Waals surface area contributed by atoms with Gasteiger partial charge < -0.3 is 19.1 Å². The van der Waals surface area contributed by atoms with Gasteiger partial charge in [0.05, 0.1) is 36.2 Å². The number of pyridine rings is 1. The number of aromatic nitrogens is 2. The Labute approximate surface area is 192 Å². The molecule has 9 heteroatoms. The summed E-state index contributed by atoms with van der Waals surface area (Å²) < 4.78 is 38.2. The van der Waals surface area contributed by atoms with Crippen LogP contribution in [0, 0.1) is 18.6 Å². The van der Waals surface area contributed by atoms with E-state index < -0.39 is 23.8 Å². The van der Waals surface area contributed by atoms with Crippen LogP contribution in [-0.4, -0.2) is 51.3 Å². The van der Waals surface area contributed by atoms with Crippen LogP contribution in [0.3, 0.4) is 0 Å². The van der Waals surface area contributed by atoms with Crippen molar-refractivity contribution in [3.05, 3.63) is 70.9 Å². The number of thiophene rings is 1. The molecule has 170 valence electrons. The summed E-state index contributed by atoms with van der Waals surface area (Å²) in [4.78, 5) is 18.1. The zero-order valence-electron chi connectivity index (χ0n) is 17.8. The summed E-state index contributed by atoms with van der Waals surface area (Å²) in [6, 6.07) is 10.0. The highest BCUT2D eigenvalue weighted by atomic mass is 32.1. The fourth-order valence-electron chi connectivity index (χ4n) is 4.21. The maximum Gasteiger partial charge on any atom is 0.407 e. The molecule has 33 heavy (non-hydrogen) atoms. The molecule has 4 heterocycles. The Morgan fingerprint density at radius 3 is 2.76 bits per heavy atom. The van der Waals surface area contributed by atoms with E-state index in [2.05, 4.69) is 4.98 Å². The number of carboxylic acid groups (broad SMARTS) is 1. The minimum atomic E-state index is -1.02. The molecular weight excluding hydrogens is 448 g/mol. The van der Waals surface area contributed by atoms with Crippen LogP contribution in [0.1, 0.15) is 11.3 Å². The molecule has 0 unspecified atom stereocenters. The standard InChI is InChI=1S/C24H21F2N3O3S/c1-14-4-5-29-19(12-16-13-28(24(30)31)6-7-32-16)23(27-21(29)9-14)22-17(25)10-15(11-18(22)26)20-3-2-8-33-20/h2-5,8-11,16H,6-7,12-13H2,1H3,(H,30,31)/t16-/m0/s1. The molecule has 0 aliphatic carbocycles. The lowest BCUT2D eigenvalue weighted by molar-refractivity contribution is -0.0214. The van der Waals surface area contributed by atoms with Crippen molar-refractivity contribution in [2.45, 2.75) is 19.4 Å². The largest absolute Gasteiger partial charge is 0.465 e. The summed E-state index contributed by atoms with van der Waals surface area (Å²) in [7, 11) is 0. The third kappa shape index (κ3) is 4.09. The highest BCUT2D eigenvalue weighted by molar-refractivity contribution is 7.13. The summed E-state index contributed by atoms with van der Waals surface area (Å²) in [5, 5.41) is 11.2. The lowest BCUT2D eigenvalue weighted by atomic mass is 10.0. The van der Waals surface area contributed by atoms with E-state index in [1.807, 2.05) is 42.8 Å². The lowest BCUT2D eigenvalue weighted by Gasteiger charge is -2.31. The Bertz CT molecular complexity index is 1310. The second kappa shape index (κ2) is 8.57. The normalized spacial score (nSPS) is 16.5. The number of imidazole rings is 1. The topological polar surface area (TPSA) is 67.1 Å². The smallest absolute Gasteiger partial charge is 0.407 e. The molecule has 4 aromatic rings. The van der Waals surface area contributed by atoms with E-state index in [-0.39, 0.29) is 30.8 Å². The van der Waals surface area contributed by atoms with Crippen LogP contribution in [0.2, 0.25) is 0 Å². The van der Waals surface area contributed by atoms with Gasteiger partial charge in [0.25, 0.3) is 0 Å². The number of hydrogen-bond donors (Lipinski definition) is 1. The number of amides is 1. The van der Waals surface area contributed by atoms with Gasteiger partial charge >= 0.3 is 6.09 Å². The number of nitrogens with zero attached hydrogens (tertiary/aromatic N) is 3. The van der Waals surface area contributed by atoms with Crippen LogP contribution >= 0.6 is 11.3 Å². The monoisotopic (exact) mass is 469 g/mol. The summed E-state index contributed by atoms with van der Waals surface area (Å²) in [5.74, 6) is -1.40. The lowest BCUT2D eigenvalue weighted by Crippen LogP contribution is -2.45. The Hall–Kier alpha value is -3.30. The molecule has 1 aliphatic rings. The maximum absolute atomic E-state index is 15.3. The predicted molar refractivity (Wildman–Crippen MR) is 122 cm³/mol. The van der Waals surface area contributed by atoms with E-state index in [9.17, 15) is 9.90 Å². The second-order valence-corrected chi connectivity index (χ2v) is 9.00. The summed E-state index contributed by atoms with van der Waals surface area (Å²) in [6.45, 7) is 2.65. The highest BCUT2D eigenvalue weighted by Crippen LogP contribution is 2.35. The van der Waals surface area contributed by atoms with Crippen LogP contribution in [-0.2, 0) is 11.2 Å². The van der Waals surface area contributed by atoms with Crippen LogP contribution in [0.15, 0.2) is 48.0 Å². The number of carbonyl (C=O) groups is 1. The zero-order valence-corrected chi connectivity index (χ0v) is 18.6. The number of hydrogen-bond acceptors (Lipinski definition) is 4. The van der Waals surface area contributed by atoms with E-state index in [1.165, 1.54) is 28.4 Å². The minimum Gasteiger partial charge on any atom is -0.465 e. The maximum atomic E-state index is 15.3. The molecular formula is C24H21F2N3O3S. The van der Waals surface area contributed by atoms with Gasteiger partial charge in [-0.3, -0.25) is 0 Å². The Morgan fingerprint density at radius 1 is 1.27 bits per heavy atom. The van der Waals surface area contributed by atoms with Gasteiger partial charge in [0.2, 0.25) is 0 Å². The molecule has 1 fully saturated rings. The molecule has 1 amide bonds. The van der Waals surface area contributed by atoms with E-state index in [1.54, 1.807) is 4.40 Å². The van der Waals surface area contributed by atoms with Crippen molar-refractivity contribution in [1.82, 2.24) is 14.3 Å². The van der Waals surface area contributed by atoms with Gasteiger partial charge in [0.1, 0.15) is 17.3 Å². The number of morpholine rings is 1. The summed E-state index contributed by atoms with van der Waals surface area (Å²) in [5.41, 5.74) is 2.57. The molecule has 1 aromatic carbocycles. The van der Waals surface area contributed by atoms with Gasteiger partial charge in [-0.15, -0.1) is 11.3 Å². The Morgan fingerprint density at radius 2 is 2.06 bits per heavy atom. The first-order valence-corrected chi connectivity index (χ1v) is 11.4. The zero-order chi connectivity index (χ0) is 23.1. The van der Waals surface area contributed by atoms with Gasteiger partial charge in [0, 0.05) is 24.0 Å². The second-order valence-electron chi connectivity index (χ2n) is 8.06. The van der Waals surface area contributed by atoms with Crippen molar-refractivity contribution in [3.8, 4) is 21.7 Å². The van der Waals surface area contributed by atoms with Gasteiger partial charge in [-0.05, 0) is 53.8 Å². The molecule has 0 bridgehead atoms. The van der Waals surface area contributed by atoms with Crippen LogP contribution < -0.4 is 0 Å². The van der Waals surface area contributed by atoms with Crippen molar-refractivity contribution in [3.63, 3.8) is 0 Å². The van der Waals surface area contributed by atoms with Crippen molar-refractivity contribution in [1.29, 1.82) is 0 Å².